The van der Waals surface area contributed by atoms with Crippen LogP contribution in [0, 0.1) is 0 Å². The lowest BCUT2D eigenvalue weighted by molar-refractivity contribution is -0.143. The lowest BCUT2D eigenvalue weighted by atomic mass is 10.0. The van der Waals surface area contributed by atoms with Crippen LogP contribution in [-0.4, -0.2) is 31.6 Å². The number of carbonyl (C=O) groups excluding carboxylic acids is 2. The van der Waals surface area contributed by atoms with E-state index in [4.69, 9.17) is 14.2 Å². The van der Waals surface area contributed by atoms with E-state index in [1.54, 1.807) is 6.07 Å². The number of fused-ring (bicyclic) bond motifs is 1. The summed E-state index contributed by atoms with van der Waals surface area (Å²) in [6, 6.07) is 5.68. The van der Waals surface area contributed by atoms with E-state index in [1.807, 2.05) is 12.1 Å². The van der Waals surface area contributed by atoms with Crippen LogP contribution in [0.2, 0.25) is 0 Å². The Morgan fingerprint density at radius 2 is 2.00 bits per heavy atom. The molecular weight excluding hydrogens is 272 g/mol. The Balaban J connectivity index is 1.59. The van der Waals surface area contributed by atoms with Crippen molar-refractivity contribution in [3.8, 4) is 0 Å². The normalized spacial score (nSPS) is 16.3. The van der Waals surface area contributed by atoms with Gasteiger partial charge in [0.2, 0.25) is 5.76 Å². The average molecular weight is 288 g/mol. The number of aryl methyl sites for hydroxylation is 2. The SMILES string of the molecule is O=C(OCC(=O)c1ccc2c(c1)CCC2)C1=COCCO1. The predicted molar refractivity (Wildman–Crippen MR) is 73.7 cm³/mol. The van der Waals surface area contributed by atoms with Gasteiger partial charge < -0.3 is 14.2 Å². The summed E-state index contributed by atoms with van der Waals surface area (Å²) >= 11 is 0. The van der Waals surface area contributed by atoms with Crippen LogP contribution in [-0.2, 0) is 31.8 Å². The highest BCUT2D eigenvalue weighted by Gasteiger charge is 2.19. The van der Waals surface area contributed by atoms with Crippen LogP contribution in [0.25, 0.3) is 0 Å². The highest BCUT2D eigenvalue weighted by atomic mass is 16.6. The predicted octanol–water partition coefficient (Wildman–Crippen LogP) is 1.79. The smallest absolute Gasteiger partial charge is 0.377 e. The van der Waals surface area contributed by atoms with Crippen LogP contribution in [0.4, 0.5) is 0 Å². The van der Waals surface area contributed by atoms with E-state index < -0.39 is 5.97 Å². The van der Waals surface area contributed by atoms with Crippen molar-refractivity contribution in [3.63, 3.8) is 0 Å². The minimum Gasteiger partial charge on any atom is -0.493 e. The molecule has 21 heavy (non-hydrogen) atoms. The first-order valence-electron chi connectivity index (χ1n) is 7.01. The van der Waals surface area contributed by atoms with Crippen molar-refractivity contribution in [1.29, 1.82) is 0 Å². The van der Waals surface area contributed by atoms with Crippen molar-refractivity contribution < 1.29 is 23.8 Å². The highest BCUT2D eigenvalue weighted by molar-refractivity contribution is 5.99. The number of Topliss-reactive ketones (excluding diaryl/α,β-unsaturated/α-hetero) is 1. The van der Waals surface area contributed by atoms with Gasteiger partial charge in [0, 0.05) is 5.56 Å². The van der Waals surface area contributed by atoms with E-state index in [9.17, 15) is 9.59 Å². The van der Waals surface area contributed by atoms with Gasteiger partial charge in [-0.25, -0.2) is 4.79 Å². The maximum Gasteiger partial charge on any atom is 0.377 e. The van der Waals surface area contributed by atoms with E-state index in [0.717, 1.165) is 19.3 Å². The van der Waals surface area contributed by atoms with Crippen LogP contribution in [0.3, 0.4) is 0 Å². The Kier molecular flexibility index (Phi) is 3.90. The second-order valence-electron chi connectivity index (χ2n) is 5.04. The Bertz CT molecular complexity index is 603. The fourth-order valence-electron chi connectivity index (χ4n) is 2.51. The fourth-order valence-corrected chi connectivity index (χ4v) is 2.51. The number of esters is 1. The number of rotatable bonds is 4. The highest BCUT2D eigenvalue weighted by Crippen LogP contribution is 2.23. The molecule has 0 aromatic heterocycles. The van der Waals surface area contributed by atoms with E-state index in [1.165, 1.54) is 17.4 Å². The summed E-state index contributed by atoms with van der Waals surface area (Å²) in [6.45, 7) is 0.420. The third-order valence-corrected chi connectivity index (χ3v) is 3.61. The Hall–Kier alpha value is -2.30. The molecule has 0 amide bonds. The van der Waals surface area contributed by atoms with Gasteiger partial charge in [-0.3, -0.25) is 4.79 Å². The minimum absolute atomic E-state index is 0.00278. The van der Waals surface area contributed by atoms with Gasteiger partial charge in [0.05, 0.1) is 0 Å². The van der Waals surface area contributed by atoms with Crippen molar-refractivity contribution in [2.45, 2.75) is 19.3 Å². The molecule has 0 atom stereocenters. The van der Waals surface area contributed by atoms with E-state index in [-0.39, 0.29) is 18.1 Å². The molecule has 0 spiro atoms. The van der Waals surface area contributed by atoms with Crippen molar-refractivity contribution >= 4 is 11.8 Å². The summed E-state index contributed by atoms with van der Waals surface area (Å²) < 4.78 is 15.0. The molecular formula is C16H16O5. The number of ketones is 1. The van der Waals surface area contributed by atoms with Gasteiger partial charge in [-0.2, -0.15) is 0 Å². The topological polar surface area (TPSA) is 61.8 Å². The maximum absolute atomic E-state index is 12.1. The summed E-state index contributed by atoms with van der Waals surface area (Å²) in [5.41, 5.74) is 3.11. The number of ether oxygens (including phenoxy) is 3. The third kappa shape index (κ3) is 3.07. The van der Waals surface area contributed by atoms with Crippen molar-refractivity contribution in [2.75, 3.05) is 19.8 Å². The van der Waals surface area contributed by atoms with Crippen LogP contribution >= 0.6 is 0 Å². The monoisotopic (exact) mass is 288 g/mol. The van der Waals surface area contributed by atoms with Crippen LogP contribution < -0.4 is 0 Å². The Morgan fingerprint density at radius 3 is 2.81 bits per heavy atom. The molecule has 1 aromatic carbocycles. The largest absolute Gasteiger partial charge is 0.493 e. The molecule has 1 heterocycles. The second-order valence-corrected chi connectivity index (χ2v) is 5.04. The molecule has 0 saturated carbocycles. The average Bonchev–Trinajstić information content (AvgIpc) is 3.00. The molecule has 5 nitrogen and oxygen atoms in total. The molecule has 0 radical (unpaired) electrons. The van der Waals surface area contributed by atoms with Gasteiger partial charge in [0.25, 0.3) is 0 Å². The van der Waals surface area contributed by atoms with Crippen LogP contribution in [0.5, 0.6) is 0 Å². The molecule has 0 N–H and O–H groups in total. The molecule has 1 aliphatic heterocycles. The quantitative estimate of drug-likeness (QED) is 0.624. The third-order valence-electron chi connectivity index (χ3n) is 3.61. The number of benzene rings is 1. The summed E-state index contributed by atoms with van der Waals surface area (Å²) in [4.78, 5) is 23.7. The van der Waals surface area contributed by atoms with Gasteiger partial charge in [0.15, 0.2) is 12.4 Å². The molecule has 110 valence electrons. The standard InChI is InChI=1S/C16H16O5/c17-14(9-21-16(18)15-10-19-6-7-20-15)13-5-4-11-2-1-3-12(11)8-13/h4-5,8,10H,1-3,6-7,9H2. The minimum atomic E-state index is -0.677. The Morgan fingerprint density at radius 1 is 1.14 bits per heavy atom. The molecule has 0 saturated heterocycles. The fraction of sp³-hybridized carbons (Fsp3) is 0.375. The lowest BCUT2D eigenvalue weighted by Crippen LogP contribution is -2.20. The zero-order chi connectivity index (χ0) is 14.7. The molecule has 0 bridgehead atoms. The summed E-state index contributed by atoms with van der Waals surface area (Å²) in [5, 5.41) is 0. The number of carbonyl (C=O) groups is 2. The first-order chi connectivity index (χ1) is 10.2. The van der Waals surface area contributed by atoms with Gasteiger partial charge in [0.1, 0.15) is 19.5 Å². The number of hydrogen-bond donors (Lipinski definition) is 0. The van der Waals surface area contributed by atoms with E-state index in [2.05, 4.69) is 0 Å². The molecule has 1 aliphatic carbocycles. The van der Waals surface area contributed by atoms with E-state index >= 15 is 0 Å². The maximum atomic E-state index is 12.1. The Labute approximate surface area is 122 Å². The van der Waals surface area contributed by atoms with Crippen LogP contribution in [0.15, 0.2) is 30.2 Å². The first-order valence-corrected chi connectivity index (χ1v) is 7.01. The molecule has 0 unspecified atom stereocenters. The van der Waals surface area contributed by atoms with Gasteiger partial charge in [-0.1, -0.05) is 12.1 Å². The van der Waals surface area contributed by atoms with Crippen molar-refractivity contribution in [2.24, 2.45) is 0 Å². The zero-order valence-electron chi connectivity index (χ0n) is 11.6. The van der Waals surface area contributed by atoms with Gasteiger partial charge >= 0.3 is 5.97 Å². The van der Waals surface area contributed by atoms with Gasteiger partial charge in [-0.05, 0) is 36.5 Å². The zero-order valence-corrected chi connectivity index (χ0v) is 11.6. The van der Waals surface area contributed by atoms with Crippen LogP contribution in [0.1, 0.15) is 27.9 Å². The molecule has 5 heteroatoms. The number of hydrogen-bond acceptors (Lipinski definition) is 5. The van der Waals surface area contributed by atoms with Crippen molar-refractivity contribution in [3.05, 3.63) is 46.9 Å². The summed E-state index contributed by atoms with van der Waals surface area (Å²) in [5.74, 6) is -0.886. The molecule has 0 fully saturated rings. The summed E-state index contributed by atoms with van der Waals surface area (Å²) in [6.07, 6.45) is 4.43. The van der Waals surface area contributed by atoms with Crippen molar-refractivity contribution in [1.82, 2.24) is 0 Å². The molecule has 3 rings (SSSR count). The van der Waals surface area contributed by atoms with E-state index in [0.29, 0.717) is 18.8 Å². The summed E-state index contributed by atoms with van der Waals surface area (Å²) in [7, 11) is 0. The molecule has 2 aliphatic rings. The first kappa shape index (κ1) is 13.7. The lowest BCUT2D eigenvalue weighted by Gasteiger charge is -2.14. The van der Waals surface area contributed by atoms with Gasteiger partial charge in [-0.15, -0.1) is 0 Å². The molecule has 1 aromatic rings. The second kappa shape index (κ2) is 5.99.